The molecule has 2 aliphatic rings. The van der Waals surface area contributed by atoms with E-state index in [2.05, 4.69) is 0 Å². The number of carbonyl (C=O) groups is 2. The summed E-state index contributed by atoms with van der Waals surface area (Å²) in [5.74, 6) is -1.30. The molecule has 1 aliphatic carbocycles. The zero-order chi connectivity index (χ0) is 19.6. The van der Waals surface area contributed by atoms with Crippen LogP contribution in [-0.4, -0.2) is 45.0 Å². The number of carboxylic acid groups (broad SMARTS) is 2. The van der Waals surface area contributed by atoms with Crippen LogP contribution in [0.4, 0.5) is 4.79 Å². The highest BCUT2D eigenvalue weighted by Crippen LogP contribution is 2.40. The molecule has 0 aromatic heterocycles. The van der Waals surface area contributed by atoms with E-state index in [1.807, 2.05) is 42.5 Å². The van der Waals surface area contributed by atoms with E-state index in [1.54, 1.807) is 13.8 Å². The van der Waals surface area contributed by atoms with E-state index in [1.165, 1.54) is 4.90 Å². The summed E-state index contributed by atoms with van der Waals surface area (Å²) in [5.41, 5.74) is 0.0949. The summed E-state index contributed by atoms with van der Waals surface area (Å²) in [6, 6.07) is 9.40. The van der Waals surface area contributed by atoms with Gasteiger partial charge in [-0.2, -0.15) is 0 Å². The minimum atomic E-state index is -1.01. The van der Waals surface area contributed by atoms with Gasteiger partial charge in [0.05, 0.1) is 18.1 Å². The predicted molar refractivity (Wildman–Crippen MR) is 100 cm³/mol. The Hall–Kier alpha value is -2.34. The maximum absolute atomic E-state index is 12.0. The maximum atomic E-state index is 12.0. The van der Waals surface area contributed by atoms with Gasteiger partial charge in [-0.25, -0.2) is 4.79 Å². The maximum Gasteiger partial charge on any atom is 0.409 e. The molecular weight excluding hydrogens is 346 g/mol. The molecule has 1 fully saturated rings. The molecule has 1 aromatic rings. The Kier molecular flexibility index (Phi) is 5.56. The Morgan fingerprint density at radius 2 is 1.81 bits per heavy atom. The van der Waals surface area contributed by atoms with Gasteiger partial charge in [-0.1, -0.05) is 42.5 Å². The minimum absolute atomic E-state index is 0.0553. The molecule has 6 heteroatoms. The minimum Gasteiger partial charge on any atom is -0.481 e. The van der Waals surface area contributed by atoms with E-state index in [4.69, 9.17) is 4.74 Å². The average molecular weight is 373 g/mol. The Balaban J connectivity index is 1.85. The van der Waals surface area contributed by atoms with Gasteiger partial charge in [0.1, 0.15) is 5.72 Å². The second kappa shape index (κ2) is 7.72. The van der Waals surface area contributed by atoms with E-state index in [0.29, 0.717) is 25.7 Å². The molecule has 0 spiro atoms. The number of benzene rings is 1. The van der Waals surface area contributed by atoms with Crippen molar-refractivity contribution in [1.29, 1.82) is 0 Å². The second-order valence-corrected chi connectivity index (χ2v) is 7.90. The van der Waals surface area contributed by atoms with E-state index < -0.39 is 23.7 Å². The van der Waals surface area contributed by atoms with Crippen LogP contribution in [0.15, 0.2) is 42.5 Å². The van der Waals surface area contributed by atoms with Gasteiger partial charge in [-0.3, -0.25) is 9.69 Å². The number of ether oxygens (including phenoxy) is 1. The molecule has 0 bridgehead atoms. The molecule has 2 N–H and O–H groups in total. The summed E-state index contributed by atoms with van der Waals surface area (Å²) in [6.07, 6.45) is 4.86. The Bertz CT molecular complexity index is 715. The first kappa shape index (κ1) is 19.4. The molecule has 1 heterocycles. The number of allylic oxidation sites excluding steroid dienone is 2. The molecular formula is C21H27NO5. The molecule has 0 saturated carbocycles. The van der Waals surface area contributed by atoms with Crippen LogP contribution in [-0.2, 0) is 16.0 Å². The normalized spacial score (nSPS) is 29.6. The fourth-order valence-electron chi connectivity index (χ4n) is 4.46. The van der Waals surface area contributed by atoms with Gasteiger partial charge in [0, 0.05) is 0 Å². The van der Waals surface area contributed by atoms with Crippen molar-refractivity contribution in [2.45, 2.75) is 57.4 Å². The zero-order valence-electron chi connectivity index (χ0n) is 15.7. The summed E-state index contributed by atoms with van der Waals surface area (Å²) >= 11 is 0. The topological polar surface area (TPSA) is 87.1 Å². The van der Waals surface area contributed by atoms with Crippen LogP contribution in [0, 0.1) is 11.8 Å². The Morgan fingerprint density at radius 3 is 2.44 bits per heavy atom. The summed E-state index contributed by atoms with van der Waals surface area (Å²) < 4.78 is 6.17. The number of carboxylic acids is 1. The van der Waals surface area contributed by atoms with Crippen molar-refractivity contribution in [1.82, 2.24) is 4.90 Å². The molecule has 27 heavy (non-hydrogen) atoms. The number of amides is 1. The Morgan fingerprint density at radius 1 is 1.15 bits per heavy atom. The molecule has 1 saturated heterocycles. The number of hydrogen-bond donors (Lipinski definition) is 2. The van der Waals surface area contributed by atoms with E-state index >= 15 is 0 Å². The third-order valence-corrected chi connectivity index (χ3v) is 5.69. The van der Waals surface area contributed by atoms with Crippen LogP contribution in [0.3, 0.4) is 0 Å². The lowest BCUT2D eigenvalue weighted by Gasteiger charge is -2.31. The number of nitrogens with zero attached hydrogens (tertiary/aromatic N) is 1. The highest BCUT2D eigenvalue weighted by atomic mass is 16.6. The average Bonchev–Trinajstić information content (AvgIpc) is 2.85. The van der Waals surface area contributed by atoms with Crippen LogP contribution in [0.25, 0.3) is 0 Å². The molecule has 0 radical (unpaired) electrons. The third kappa shape index (κ3) is 4.16. The number of hydrogen-bond acceptors (Lipinski definition) is 3. The summed E-state index contributed by atoms with van der Waals surface area (Å²) in [5, 5.41) is 19.3. The first-order chi connectivity index (χ1) is 12.8. The summed E-state index contributed by atoms with van der Waals surface area (Å²) in [4.78, 5) is 25.0. The van der Waals surface area contributed by atoms with E-state index in [-0.39, 0.29) is 18.1 Å². The highest BCUT2D eigenvalue weighted by molar-refractivity contribution is 5.71. The SMILES string of the molecule is CC1(C)OC(CC2CC=CCC2C(=O)O)C(Cc2ccccc2)N1C(=O)O. The standard InChI is InChI=1S/C21H27NO5/c1-21(2)22(20(25)26)17(12-14-8-4-3-5-9-14)18(27-21)13-15-10-6-7-11-16(15)19(23)24/h3-9,15-18H,10-13H2,1-2H3,(H,23,24)(H,25,26). The monoisotopic (exact) mass is 373 g/mol. The first-order valence-electron chi connectivity index (χ1n) is 9.41. The molecule has 146 valence electrons. The van der Waals surface area contributed by atoms with Gasteiger partial charge >= 0.3 is 12.1 Å². The number of rotatable bonds is 5. The van der Waals surface area contributed by atoms with Crippen LogP contribution < -0.4 is 0 Å². The zero-order valence-corrected chi connectivity index (χ0v) is 15.7. The lowest BCUT2D eigenvalue weighted by atomic mass is 9.78. The largest absolute Gasteiger partial charge is 0.481 e. The quantitative estimate of drug-likeness (QED) is 0.767. The molecule has 4 unspecified atom stereocenters. The molecule has 4 atom stereocenters. The van der Waals surface area contributed by atoms with Crippen molar-refractivity contribution in [2.24, 2.45) is 11.8 Å². The van der Waals surface area contributed by atoms with Crippen LogP contribution in [0.5, 0.6) is 0 Å². The van der Waals surface area contributed by atoms with Crippen molar-refractivity contribution >= 4 is 12.1 Å². The third-order valence-electron chi connectivity index (χ3n) is 5.69. The smallest absolute Gasteiger partial charge is 0.409 e. The molecule has 6 nitrogen and oxygen atoms in total. The van der Waals surface area contributed by atoms with E-state index in [0.717, 1.165) is 5.56 Å². The summed E-state index contributed by atoms with van der Waals surface area (Å²) in [6.45, 7) is 3.52. The van der Waals surface area contributed by atoms with Gasteiger partial charge in [-0.15, -0.1) is 0 Å². The lowest BCUT2D eigenvalue weighted by Crippen LogP contribution is -2.48. The van der Waals surface area contributed by atoms with Gasteiger partial charge in [0.2, 0.25) is 0 Å². The van der Waals surface area contributed by atoms with E-state index in [9.17, 15) is 19.8 Å². The predicted octanol–water partition coefficient (Wildman–Crippen LogP) is 3.77. The van der Waals surface area contributed by atoms with Crippen LogP contribution in [0.2, 0.25) is 0 Å². The molecule has 1 aromatic carbocycles. The van der Waals surface area contributed by atoms with Gasteiger partial charge in [-0.05, 0) is 51.0 Å². The van der Waals surface area contributed by atoms with Crippen LogP contribution >= 0.6 is 0 Å². The lowest BCUT2D eigenvalue weighted by molar-refractivity contribution is -0.144. The molecule has 1 amide bonds. The fraction of sp³-hybridized carbons (Fsp3) is 0.524. The van der Waals surface area contributed by atoms with Crippen LogP contribution in [0.1, 0.15) is 38.7 Å². The van der Waals surface area contributed by atoms with Gasteiger partial charge in [0.25, 0.3) is 0 Å². The first-order valence-corrected chi connectivity index (χ1v) is 9.41. The van der Waals surface area contributed by atoms with Crippen molar-refractivity contribution < 1.29 is 24.5 Å². The highest BCUT2D eigenvalue weighted by Gasteiger charge is 2.50. The fourth-order valence-corrected chi connectivity index (χ4v) is 4.46. The van der Waals surface area contributed by atoms with Crippen molar-refractivity contribution in [3.63, 3.8) is 0 Å². The second-order valence-electron chi connectivity index (χ2n) is 7.90. The summed E-state index contributed by atoms with van der Waals surface area (Å²) in [7, 11) is 0. The number of aliphatic carboxylic acids is 1. The van der Waals surface area contributed by atoms with Gasteiger partial charge < -0.3 is 14.9 Å². The Labute approximate surface area is 159 Å². The molecule has 1 aliphatic heterocycles. The van der Waals surface area contributed by atoms with Crippen molar-refractivity contribution in [3.8, 4) is 0 Å². The van der Waals surface area contributed by atoms with Crippen molar-refractivity contribution in [2.75, 3.05) is 0 Å². The van der Waals surface area contributed by atoms with Gasteiger partial charge in [0.15, 0.2) is 0 Å². The molecule has 3 rings (SSSR count). The van der Waals surface area contributed by atoms with Crippen molar-refractivity contribution in [3.05, 3.63) is 48.0 Å².